The Bertz CT molecular complexity index is 1560. The molecule has 0 aliphatic rings. The number of allylic oxidation sites excluding steroid dienone is 24. The van der Waals surface area contributed by atoms with Gasteiger partial charge in [0.1, 0.15) is 13.2 Å². The maximum absolute atomic E-state index is 12.8. The zero-order valence-corrected chi connectivity index (χ0v) is 44.0. The Labute approximate surface area is 423 Å². The van der Waals surface area contributed by atoms with Crippen molar-refractivity contribution >= 4 is 17.9 Å². The van der Waals surface area contributed by atoms with Gasteiger partial charge < -0.3 is 14.2 Å². The van der Waals surface area contributed by atoms with Crippen LogP contribution in [0.4, 0.5) is 0 Å². The molecule has 69 heavy (non-hydrogen) atoms. The fourth-order valence-electron chi connectivity index (χ4n) is 6.77. The predicted octanol–water partition coefficient (Wildman–Crippen LogP) is 18.4. The third-order valence-corrected chi connectivity index (χ3v) is 10.8. The fraction of sp³-hybridized carbons (Fsp3) is 0.571. The molecule has 386 valence electrons. The number of esters is 3. The molecule has 0 fully saturated rings. The monoisotopic (exact) mass is 951 g/mol. The first-order valence-electron chi connectivity index (χ1n) is 27.3. The van der Waals surface area contributed by atoms with Crippen LogP contribution in [0.15, 0.2) is 146 Å². The Morgan fingerprint density at radius 2 is 0.580 bits per heavy atom. The average molecular weight is 951 g/mol. The summed E-state index contributed by atoms with van der Waals surface area (Å²) in [5.41, 5.74) is 0. The molecule has 0 radical (unpaired) electrons. The lowest BCUT2D eigenvalue weighted by molar-refractivity contribution is -0.167. The number of rotatable bonds is 47. The van der Waals surface area contributed by atoms with Gasteiger partial charge in [-0.2, -0.15) is 0 Å². The van der Waals surface area contributed by atoms with E-state index in [0.29, 0.717) is 19.3 Å². The van der Waals surface area contributed by atoms with Gasteiger partial charge in [-0.1, -0.05) is 205 Å². The number of ether oxygens (including phenoxy) is 3. The van der Waals surface area contributed by atoms with Gasteiger partial charge in [0, 0.05) is 19.3 Å². The number of carbonyl (C=O) groups is 3. The quantitative estimate of drug-likeness (QED) is 0.0262. The van der Waals surface area contributed by atoms with Gasteiger partial charge in [0.05, 0.1) is 0 Å². The van der Waals surface area contributed by atoms with E-state index in [2.05, 4.69) is 167 Å². The van der Waals surface area contributed by atoms with Crippen molar-refractivity contribution in [2.45, 2.75) is 219 Å². The number of hydrogen-bond donors (Lipinski definition) is 0. The van der Waals surface area contributed by atoms with Crippen LogP contribution in [0.3, 0.4) is 0 Å². The van der Waals surface area contributed by atoms with Gasteiger partial charge in [0.15, 0.2) is 6.10 Å². The molecular weight excluding hydrogens is 853 g/mol. The van der Waals surface area contributed by atoms with E-state index in [9.17, 15) is 14.4 Å². The van der Waals surface area contributed by atoms with E-state index in [1.165, 1.54) is 25.7 Å². The van der Waals surface area contributed by atoms with Crippen LogP contribution in [-0.2, 0) is 28.6 Å². The lowest BCUT2D eigenvalue weighted by Gasteiger charge is -2.18. The summed E-state index contributed by atoms with van der Waals surface area (Å²) in [5, 5.41) is 0. The van der Waals surface area contributed by atoms with Crippen molar-refractivity contribution in [3.63, 3.8) is 0 Å². The van der Waals surface area contributed by atoms with Gasteiger partial charge in [-0.05, 0) is 135 Å². The van der Waals surface area contributed by atoms with Gasteiger partial charge in [0.25, 0.3) is 0 Å². The molecule has 0 bridgehead atoms. The first kappa shape index (κ1) is 64.3. The highest BCUT2D eigenvalue weighted by Gasteiger charge is 2.19. The largest absolute Gasteiger partial charge is 0.462 e. The second kappa shape index (κ2) is 55.9. The highest BCUT2D eigenvalue weighted by Crippen LogP contribution is 2.11. The molecule has 0 heterocycles. The highest BCUT2D eigenvalue weighted by molar-refractivity contribution is 5.71. The molecule has 0 aliphatic heterocycles. The van der Waals surface area contributed by atoms with Crippen LogP contribution < -0.4 is 0 Å². The summed E-state index contributed by atoms with van der Waals surface area (Å²) >= 11 is 0. The second-order valence-corrected chi connectivity index (χ2v) is 17.4. The Morgan fingerprint density at radius 1 is 0.304 bits per heavy atom. The van der Waals surface area contributed by atoms with E-state index < -0.39 is 6.10 Å². The normalized spacial score (nSPS) is 13.3. The summed E-state index contributed by atoms with van der Waals surface area (Å²) in [4.78, 5) is 38.1. The zero-order valence-electron chi connectivity index (χ0n) is 44.0. The minimum Gasteiger partial charge on any atom is -0.462 e. The molecule has 0 saturated heterocycles. The topological polar surface area (TPSA) is 78.9 Å². The van der Waals surface area contributed by atoms with Crippen LogP contribution in [0, 0.1) is 0 Å². The van der Waals surface area contributed by atoms with E-state index in [-0.39, 0.29) is 37.5 Å². The summed E-state index contributed by atoms with van der Waals surface area (Å²) < 4.78 is 16.7. The maximum atomic E-state index is 12.8. The highest BCUT2D eigenvalue weighted by atomic mass is 16.6. The lowest BCUT2D eigenvalue weighted by Crippen LogP contribution is -2.30. The lowest BCUT2D eigenvalue weighted by atomic mass is 10.1. The summed E-state index contributed by atoms with van der Waals surface area (Å²) in [6, 6.07) is 0. The van der Waals surface area contributed by atoms with Crippen molar-refractivity contribution in [2.75, 3.05) is 13.2 Å². The molecule has 6 heteroatoms. The van der Waals surface area contributed by atoms with Crippen molar-refractivity contribution in [3.8, 4) is 0 Å². The average Bonchev–Trinajstić information content (AvgIpc) is 3.35. The predicted molar refractivity (Wildman–Crippen MR) is 297 cm³/mol. The molecule has 0 aromatic carbocycles. The van der Waals surface area contributed by atoms with Gasteiger partial charge >= 0.3 is 17.9 Å². The number of hydrogen-bond acceptors (Lipinski definition) is 6. The SMILES string of the molecule is CC/C=C/C/C=C/C/C=C/C/C=C/C/C=C/CCCCCC(=O)OC[C@@H](COC(=O)CCCCCCC/C=C/C/C=C/C/C=C/CC)OC(=O)CCC/C=C/C/C=C/C/C=C/C/C=C/CCCCC. The van der Waals surface area contributed by atoms with Crippen LogP contribution >= 0.6 is 0 Å². The van der Waals surface area contributed by atoms with Gasteiger partial charge in [-0.25, -0.2) is 0 Å². The Balaban J connectivity index is 4.59. The fourth-order valence-corrected chi connectivity index (χ4v) is 6.77. The van der Waals surface area contributed by atoms with Crippen LogP contribution in [0.2, 0.25) is 0 Å². The molecule has 1 atom stereocenters. The molecule has 0 saturated carbocycles. The Kier molecular flexibility index (Phi) is 52.1. The van der Waals surface area contributed by atoms with Crippen LogP contribution in [0.25, 0.3) is 0 Å². The van der Waals surface area contributed by atoms with E-state index in [1.807, 2.05) is 0 Å². The van der Waals surface area contributed by atoms with Crippen molar-refractivity contribution in [2.24, 2.45) is 0 Å². The Morgan fingerprint density at radius 3 is 0.942 bits per heavy atom. The van der Waals surface area contributed by atoms with E-state index >= 15 is 0 Å². The standard InChI is InChI=1S/C63H98O6/c1-4-7-10-13-16-19-22-25-28-30-31-33-35-38-41-44-47-50-53-56-62(65)68-59-60(58-67-61(64)55-52-49-46-43-40-37-34-27-24-21-18-15-12-9-6-3)69-63(66)57-54-51-48-45-42-39-36-32-29-26-23-20-17-14-11-8-5-2/h7,9-10,12,16-21,25-29,31,33-34,36,38-39,41,45,48,60H,4-6,8,11,13-15,22-24,30,32,35,37,40,42-44,46-47,49-59H2,1-3H3/b10-7+,12-9+,19-16+,20-17+,21-18+,28-25+,29-26+,33-31+,34-27+,39-36+,41-38+,48-45+/t60-/m1/s1. The van der Waals surface area contributed by atoms with E-state index in [4.69, 9.17) is 14.2 Å². The summed E-state index contributed by atoms with van der Waals surface area (Å²) in [6.45, 7) is 6.27. The van der Waals surface area contributed by atoms with Crippen LogP contribution in [0.1, 0.15) is 213 Å². The number of carbonyl (C=O) groups excluding carboxylic acids is 3. The molecule has 0 rings (SSSR count). The number of unbranched alkanes of at least 4 members (excludes halogenated alkanes) is 12. The molecule has 0 aliphatic carbocycles. The summed E-state index contributed by atoms with van der Waals surface area (Å²) in [7, 11) is 0. The summed E-state index contributed by atoms with van der Waals surface area (Å²) in [5.74, 6) is -1.04. The van der Waals surface area contributed by atoms with Gasteiger partial charge in [-0.15, -0.1) is 0 Å². The van der Waals surface area contributed by atoms with Crippen molar-refractivity contribution < 1.29 is 28.6 Å². The zero-order chi connectivity index (χ0) is 50.0. The summed E-state index contributed by atoms with van der Waals surface area (Å²) in [6.07, 6.45) is 79.8. The molecule has 0 amide bonds. The smallest absolute Gasteiger partial charge is 0.306 e. The maximum Gasteiger partial charge on any atom is 0.306 e. The van der Waals surface area contributed by atoms with E-state index in [0.717, 1.165) is 141 Å². The van der Waals surface area contributed by atoms with Crippen LogP contribution in [-0.4, -0.2) is 37.2 Å². The first-order chi connectivity index (χ1) is 34.0. The molecule has 0 unspecified atom stereocenters. The van der Waals surface area contributed by atoms with Crippen LogP contribution in [0.5, 0.6) is 0 Å². The molecule has 0 aromatic rings. The molecule has 6 nitrogen and oxygen atoms in total. The van der Waals surface area contributed by atoms with Crippen molar-refractivity contribution in [1.82, 2.24) is 0 Å². The molecule has 0 aromatic heterocycles. The molecular formula is C63H98O6. The minimum absolute atomic E-state index is 0.126. The second-order valence-electron chi connectivity index (χ2n) is 17.4. The van der Waals surface area contributed by atoms with Crippen molar-refractivity contribution in [1.29, 1.82) is 0 Å². The van der Waals surface area contributed by atoms with Crippen molar-refractivity contribution in [3.05, 3.63) is 146 Å². The first-order valence-corrected chi connectivity index (χ1v) is 27.3. The third kappa shape index (κ3) is 54.1. The minimum atomic E-state index is -0.835. The molecule has 0 spiro atoms. The van der Waals surface area contributed by atoms with Gasteiger partial charge in [-0.3, -0.25) is 14.4 Å². The van der Waals surface area contributed by atoms with E-state index in [1.54, 1.807) is 0 Å². The Hall–Kier alpha value is -4.71. The van der Waals surface area contributed by atoms with Gasteiger partial charge in [0.2, 0.25) is 0 Å². The molecule has 0 N–H and O–H groups in total. The third-order valence-electron chi connectivity index (χ3n) is 10.8.